The number of aliphatic hydroxyl groups is 1. The number of halogens is 1. The van der Waals surface area contributed by atoms with Gasteiger partial charge in [-0.05, 0) is 48.4 Å². The number of amides is 1. The van der Waals surface area contributed by atoms with Gasteiger partial charge >= 0.3 is 5.97 Å². The molecule has 1 saturated heterocycles. The predicted molar refractivity (Wildman–Crippen MR) is 110 cm³/mol. The van der Waals surface area contributed by atoms with Gasteiger partial charge in [-0.1, -0.05) is 23.7 Å². The van der Waals surface area contributed by atoms with Crippen LogP contribution in [-0.4, -0.2) is 46.4 Å². The molecule has 0 bridgehead atoms. The summed E-state index contributed by atoms with van der Waals surface area (Å²) in [6.07, 6.45) is 0.0332. The predicted octanol–water partition coefficient (Wildman–Crippen LogP) is 3.64. The number of likely N-dealkylation sites (tertiary alicyclic amines) is 1. The molecule has 3 rings (SSSR count). The number of aliphatic hydroxyl groups excluding tert-OH is 1. The summed E-state index contributed by atoms with van der Waals surface area (Å²) in [7, 11) is 1.52. The number of benzene rings is 2. The summed E-state index contributed by atoms with van der Waals surface area (Å²) >= 11 is 5.90. The number of methoxy groups -OCH3 is 1. The Labute approximate surface area is 178 Å². The number of hydrogen-bond acceptors (Lipinski definition) is 5. The van der Waals surface area contributed by atoms with Crippen molar-refractivity contribution in [3.8, 4) is 5.75 Å². The Bertz CT molecular complexity index is 997. The maximum atomic E-state index is 12.8. The molecule has 0 aliphatic carbocycles. The van der Waals surface area contributed by atoms with Crippen LogP contribution in [0.1, 0.15) is 30.0 Å². The Kier molecular flexibility index (Phi) is 6.42. The number of carbonyl (C=O) groups excluding carboxylic acids is 2. The summed E-state index contributed by atoms with van der Waals surface area (Å²) in [6, 6.07) is 12.2. The van der Waals surface area contributed by atoms with Gasteiger partial charge in [0.2, 0.25) is 0 Å². The van der Waals surface area contributed by atoms with Gasteiger partial charge in [0.05, 0.1) is 18.7 Å². The number of ketones is 1. The molecule has 1 amide bonds. The van der Waals surface area contributed by atoms with Crippen LogP contribution in [-0.2, 0) is 14.4 Å². The maximum absolute atomic E-state index is 12.8. The zero-order chi connectivity index (χ0) is 21.8. The summed E-state index contributed by atoms with van der Waals surface area (Å²) in [6.45, 7) is 0.0605. The molecule has 7 nitrogen and oxygen atoms in total. The summed E-state index contributed by atoms with van der Waals surface area (Å²) < 4.78 is 5.16. The minimum Gasteiger partial charge on any atom is -0.507 e. The number of aliphatic carboxylic acids is 1. The van der Waals surface area contributed by atoms with Gasteiger partial charge in [0.25, 0.3) is 11.7 Å². The average molecular weight is 430 g/mol. The minimum absolute atomic E-state index is 0.0529. The Morgan fingerprint density at radius 1 is 1.07 bits per heavy atom. The summed E-state index contributed by atoms with van der Waals surface area (Å²) in [4.78, 5) is 37.7. The van der Waals surface area contributed by atoms with Crippen molar-refractivity contribution >= 4 is 35.0 Å². The molecule has 0 spiro atoms. The Morgan fingerprint density at radius 3 is 2.27 bits per heavy atom. The first-order valence-corrected chi connectivity index (χ1v) is 9.61. The first kappa shape index (κ1) is 21.4. The number of hydrogen-bond donors (Lipinski definition) is 2. The minimum atomic E-state index is -0.992. The van der Waals surface area contributed by atoms with Crippen LogP contribution in [0.25, 0.3) is 5.76 Å². The molecule has 1 aliphatic heterocycles. The first-order chi connectivity index (χ1) is 14.3. The molecule has 0 saturated carbocycles. The molecule has 0 aromatic heterocycles. The molecule has 2 aromatic carbocycles. The fraction of sp³-hybridized carbons (Fsp3) is 0.227. The zero-order valence-electron chi connectivity index (χ0n) is 16.2. The first-order valence-electron chi connectivity index (χ1n) is 9.23. The standard InChI is InChI=1S/C22H20ClNO6/c1-30-16-10-6-13(7-11-16)19-18(20(27)14-4-8-15(23)9-5-14)21(28)22(29)24(19)12-2-3-17(25)26/h4-11,19,27H,2-3,12H2,1H3,(H,25,26)/b20-18+/t19-/m1/s1. The lowest BCUT2D eigenvalue weighted by Crippen LogP contribution is -2.31. The van der Waals surface area contributed by atoms with Crippen molar-refractivity contribution in [1.29, 1.82) is 0 Å². The van der Waals surface area contributed by atoms with Crippen molar-refractivity contribution in [2.75, 3.05) is 13.7 Å². The highest BCUT2D eigenvalue weighted by molar-refractivity contribution is 6.46. The lowest BCUT2D eigenvalue weighted by Gasteiger charge is -2.25. The number of carbonyl (C=O) groups is 3. The van der Waals surface area contributed by atoms with E-state index in [1.807, 2.05) is 0 Å². The van der Waals surface area contributed by atoms with Crippen molar-refractivity contribution in [2.45, 2.75) is 18.9 Å². The largest absolute Gasteiger partial charge is 0.507 e. The fourth-order valence-electron chi connectivity index (χ4n) is 3.41. The average Bonchev–Trinajstić information content (AvgIpc) is 2.98. The van der Waals surface area contributed by atoms with Crippen molar-refractivity contribution in [3.63, 3.8) is 0 Å². The molecular formula is C22H20ClNO6. The van der Waals surface area contributed by atoms with Crippen LogP contribution >= 0.6 is 11.6 Å². The zero-order valence-corrected chi connectivity index (χ0v) is 16.9. The van der Waals surface area contributed by atoms with Crippen LogP contribution in [0.2, 0.25) is 5.02 Å². The second-order valence-corrected chi connectivity index (χ2v) is 7.21. The van der Waals surface area contributed by atoms with Crippen molar-refractivity contribution in [1.82, 2.24) is 4.90 Å². The van der Waals surface area contributed by atoms with E-state index >= 15 is 0 Å². The quantitative estimate of drug-likeness (QED) is 0.395. The summed E-state index contributed by atoms with van der Waals surface area (Å²) in [5.41, 5.74) is 0.894. The van der Waals surface area contributed by atoms with E-state index in [1.54, 1.807) is 48.5 Å². The molecule has 1 aliphatic rings. The maximum Gasteiger partial charge on any atom is 0.303 e. The molecule has 2 aromatic rings. The van der Waals surface area contributed by atoms with Gasteiger partial charge in [0.15, 0.2) is 0 Å². The van der Waals surface area contributed by atoms with Crippen LogP contribution in [0, 0.1) is 0 Å². The van der Waals surface area contributed by atoms with Crippen LogP contribution in [0.3, 0.4) is 0 Å². The van der Waals surface area contributed by atoms with Gasteiger partial charge in [-0.2, -0.15) is 0 Å². The second kappa shape index (κ2) is 9.00. The van der Waals surface area contributed by atoms with Crippen molar-refractivity contribution < 1.29 is 29.3 Å². The van der Waals surface area contributed by atoms with Gasteiger partial charge in [-0.25, -0.2) is 0 Å². The molecular weight excluding hydrogens is 410 g/mol. The van der Waals surface area contributed by atoms with Crippen LogP contribution in [0.4, 0.5) is 0 Å². The number of Topliss-reactive ketones (excluding diaryl/α,β-unsaturated/α-hetero) is 1. The van der Waals surface area contributed by atoms with E-state index in [9.17, 15) is 19.5 Å². The molecule has 1 fully saturated rings. The topological polar surface area (TPSA) is 104 Å². The third-order valence-corrected chi connectivity index (χ3v) is 5.13. The van der Waals surface area contributed by atoms with Crippen molar-refractivity contribution in [3.05, 3.63) is 70.3 Å². The highest BCUT2D eigenvalue weighted by atomic mass is 35.5. The number of ether oxygens (including phenoxy) is 1. The van der Waals surface area contributed by atoms with Gasteiger partial charge in [0.1, 0.15) is 11.5 Å². The molecule has 0 radical (unpaired) electrons. The smallest absolute Gasteiger partial charge is 0.303 e. The van der Waals surface area contributed by atoms with E-state index < -0.39 is 23.7 Å². The number of carboxylic acids is 1. The SMILES string of the molecule is COc1ccc([C@@H]2/C(=C(\O)c3ccc(Cl)cc3)C(=O)C(=O)N2CCCC(=O)O)cc1. The normalized spacial score (nSPS) is 17.9. The van der Waals surface area contributed by atoms with Crippen LogP contribution in [0.5, 0.6) is 5.75 Å². The lowest BCUT2D eigenvalue weighted by atomic mass is 9.95. The third kappa shape index (κ3) is 4.31. The summed E-state index contributed by atoms with van der Waals surface area (Å²) in [5, 5.41) is 20.3. The highest BCUT2D eigenvalue weighted by Crippen LogP contribution is 2.40. The molecule has 1 atom stereocenters. The van der Waals surface area contributed by atoms with E-state index in [0.29, 0.717) is 21.9 Å². The van der Waals surface area contributed by atoms with Gasteiger partial charge in [-0.15, -0.1) is 0 Å². The van der Waals surface area contributed by atoms with Gasteiger partial charge in [-0.3, -0.25) is 14.4 Å². The molecule has 30 heavy (non-hydrogen) atoms. The monoisotopic (exact) mass is 429 g/mol. The van der Waals surface area contributed by atoms with Crippen molar-refractivity contribution in [2.24, 2.45) is 0 Å². The van der Waals surface area contributed by atoms with E-state index in [1.165, 1.54) is 12.0 Å². The third-order valence-electron chi connectivity index (χ3n) is 4.88. The Hall–Kier alpha value is -3.32. The molecule has 0 unspecified atom stereocenters. The molecule has 1 heterocycles. The fourth-order valence-corrected chi connectivity index (χ4v) is 3.53. The van der Waals surface area contributed by atoms with Crippen LogP contribution in [0.15, 0.2) is 54.1 Å². The van der Waals surface area contributed by atoms with Gasteiger partial charge in [0, 0.05) is 23.6 Å². The lowest BCUT2D eigenvalue weighted by molar-refractivity contribution is -0.140. The van der Waals surface area contributed by atoms with E-state index in [0.717, 1.165) is 0 Å². The number of rotatable bonds is 7. The van der Waals surface area contributed by atoms with Gasteiger partial charge < -0.3 is 19.8 Å². The van der Waals surface area contributed by atoms with Crippen LogP contribution < -0.4 is 4.74 Å². The second-order valence-electron chi connectivity index (χ2n) is 6.77. The number of nitrogens with zero attached hydrogens (tertiary/aromatic N) is 1. The Morgan fingerprint density at radius 2 is 1.70 bits per heavy atom. The van der Waals surface area contributed by atoms with E-state index in [2.05, 4.69) is 0 Å². The summed E-state index contributed by atoms with van der Waals surface area (Å²) in [5.74, 6) is -2.31. The van der Waals surface area contributed by atoms with E-state index in [-0.39, 0.29) is 30.7 Å². The molecule has 8 heteroatoms. The Balaban J connectivity index is 2.08. The number of carboxylic acid groups (broad SMARTS) is 1. The molecule has 2 N–H and O–H groups in total. The van der Waals surface area contributed by atoms with E-state index in [4.69, 9.17) is 21.4 Å². The molecule has 156 valence electrons. The highest BCUT2D eigenvalue weighted by Gasteiger charge is 2.45.